The highest BCUT2D eigenvalue weighted by molar-refractivity contribution is 5.97. The summed E-state index contributed by atoms with van der Waals surface area (Å²) in [6.45, 7) is 0.261. The van der Waals surface area contributed by atoms with Crippen molar-refractivity contribution >= 4 is 17.5 Å². The van der Waals surface area contributed by atoms with Crippen molar-refractivity contribution in [3.63, 3.8) is 0 Å². The SMILES string of the molecule is CNC(=O)CCNC(=O)c1[nH]ncc1N. The molecule has 82 valence electrons. The van der Waals surface area contributed by atoms with Crippen LogP contribution in [0.5, 0.6) is 0 Å². The van der Waals surface area contributed by atoms with Crippen LogP contribution in [0.25, 0.3) is 0 Å². The van der Waals surface area contributed by atoms with Gasteiger partial charge in [0.1, 0.15) is 5.69 Å². The van der Waals surface area contributed by atoms with Crippen LogP contribution in [-0.4, -0.2) is 35.6 Å². The lowest BCUT2D eigenvalue weighted by atomic mass is 10.3. The third-order valence-electron chi connectivity index (χ3n) is 1.81. The summed E-state index contributed by atoms with van der Waals surface area (Å²) in [5.74, 6) is -0.498. The molecule has 7 nitrogen and oxygen atoms in total. The van der Waals surface area contributed by atoms with Crippen LogP contribution >= 0.6 is 0 Å². The molecule has 1 aromatic rings. The van der Waals surface area contributed by atoms with E-state index in [4.69, 9.17) is 5.73 Å². The first kappa shape index (κ1) is 11.0. The Labute approximate surface area is 86.4 Å². The molecule has 1 aromatic heterocycles. The molecule has 0 aromatic carbocycles. The average molecular weight is 211 g/mol. The Kier molecular flexibility index (Phi) is 3.67. The van der Waals surface area contributed by atoms with Crippen LogP contribution in [0.1, 0.15) is 16.9 Å². The summed E-state index contributed by atoms with van der Waals surface area (Å²) in [6.07, 6.45) is 1.59. The maximum Gasteiger partial charge on any atom is 0.271 e. The maximum atomic E-state index is 11.4. The first-order valence-corrected chi connectivity index (χ1v) is 4.42. The van der Waals surface area contributed by atoms with Crippen molar-refractivity contribution < 1.29 is 9.59 Å². The monoisotopic (exact) mass is 211 g/mol. The highest BCUT2D eigenvalue weighted by Gasteiger charge is 2.10. The number of carbonyl (C=O) groups is 2. The summed E-state index contributed by atoms with van der Waals surface area (Å²) in [4.78, 5) is 22.2. The second kappa shape index (κ2) is 4.99. The molecule has 5 N–H and O–H groups in total. The van der Waals surface area contributed by atoms with E-state index in [-0.39, 0.29) is 36.2 Å². The fourth-order valence-electron chi connectivity index (χ4n) is 0.980. The number of carbonyl (C=O) groups excluding carboxylic acids is 2. The number of aromatic nitrogens is 2. The zero-order chi connectivity index (χ0) is 11.3. The average Bonchev–Trinajstić information content (AvgIpc) is 2.64. The predicted octanol–water partition coefficient (Wildman–Crippen LogP) is -1.14. The molecule has 0 bridgehead atoms. The molecular formula is C8H13N5O2. The van der Waals surface area contributed by atoms with Crippen LogP contribution in [-0.2, 0) is 4.79 Å². The van der Waals surface area contributed by atoms with Crippen molar-refractivity contribution in [2.75, 3.05) is 19.3 Å². The smallest absolute Gasteiger partial charge is 0.271 e. The predicted molar refractivity (Wildman–Crippen MR) is 54.0 cm³/mol. The third-order valence-corrected chi connectivity index (χ3v) is 1.81. The van der Waals surface area contributed by atoms with E-state index in [0.29, 0.717) is 0 Å². The molecule has 0 atom stereocenters. The molecule has 1 heterocycles. The molecule has 2 amide bonds. The summed E-state index contributed by atoms with van der Waals surface area (Å²) in [7, 11) is 1.54. The Morgan fingerprint density at radius 1 is 1.60 bits per heavy atom. The van der Waals surface area contributed by atoms with Gasteiger partial charge < -0.3 is 16.4 Å². The Balaban J connectivity index is 2.38. The molecule has 7 heteroatoms. The number of nitrogens with two attached hydrogens (primary N) is 1. The topological polar surface area (TPSA) is 113 Å². The number of nitrogens with one attached hydrogen (secondary N) is 3. The second-order valence-corrected chi connectivity index (χ2v) is 2.88. The number of amides is 2. The van der Waals surface area contributed by atoms with Crippen molar-refractivity contribution in [2.24, 2.45) is 0 Å². The van der Waals surface area contributed by atoms with Gasteiger partial charge in [-0.3, -0.25) is 14.7 Å². The van der Waals surface area contributed by atoms with Crippen LogP contribution in [0, 0.1) is 0 Å². The minimum Gasteiger partial charge on any atom is -0.396 e. The second-order valence-electron chi connectivity index (χ2n) is 2.88. The Morgan fingerprint density at radius 3 is 2.87 bits per heavy atom. The van der Waals surface area contributed by atoms with Crippen molar-refractivity contribution in [1.82, 2.24) is 20.8 Å². The van der Waals surface area contributed by atoms with Crippen molar-refractivity contribution in [3.05, 3.63) is 11.9 Å². The lowest BCUT2D eigenvalue weighted by molar-refractivity contribution is -0.120. The highest BCUT2D eigenvalue weighted by Crippen LogP contribution is 2.04. The number of aromatic amines is 1. The lowest BCUT2D eigenvalue weighted by Gasteiger charge is -2.03. The van der Waals surface area contributed by atoms with Crippen molar-refractivity contribution in [2.45, 2.75) is 6.42 Å². The van der Waals surface area contributed by atoms with E-state index < -0.39 is 0 Å². The normalized spacial score (nSPS) is 9.67. The molecule has 1 rings (SSSR count). The molecule has 0 saturated carbocycles. The van der Waals surface area contributed by atoms with E-state index in [0.717, 1.165) is 0 Å². The zero-order valence-electron chi connectivity index (χ0n) is 8.33. The molecular weight excluding hydrogens is 198 g/mol. The van der Waals surface area contributed by atoms with Gasteiger partial charge in [-0.15, -0.1) is 0 Å². The standard InChI is InChI=1S/C8H13N5O2/c1-10-6(14)2-3-11-8(15)7-5(9)4-12-13-7/h4H,2-3,9H2,1H3,(H,10,14)(H,11,15)(H,12,13). The summed E-state index contributed by atoms with van der Waals surface area (Å²) < 4.78 is 0. The minimum atomic E-state index is -0.367. The fourth-order valence-corrected chi connectivity index (χ4v) is 0.980. The first-order chi connectivity index (χ1) is 7.15. The van der Waals surface area contributed by atoms with Crippen LogP contribution in [0.4, 0.5) is 5.69 Å². The Hall–Kier alpha value is -2.05. The largest absolute Gasteiger partial charge is 0.396 e. The van der Waals surface area contributed by atoms with Crippen LogP contribution in [0.3, 0.4) is 0 Å². The summed E-state index contributed by atoms with van der Waals surface area (Å²) >= 11 is 0. The van der Waals surface area contributed by atoms with Gasteiger partial charge >= 0.3 is 0 Å². The molecule has 15 heavy (non-hydrogen) atoms. The summed E-state index contributed by atoms with van der Waals surface area (Å²) in [6, 6.07) is 0. The molecule has 0 aliphatic heterocycles. The van der Waals surface area contributed by atoms with E-state index >= 15 is 0 Å². The minimum absolute atomic E-state index is 0.132. The molecule has 0 unspecified atom stereocenters. The zero-order valence-corrected chi connectivity index (χ0v) is 8.33. The van der Waals surface area contributed by atoms with Gasteiger partial charge in [-0.2, -0.15) is 5.10 Å². The van der Waals surface area contributed by atoms with Crippen molar-refractivity contribution in [1.29, 1.82) is 0 Å². The third kappa shape index (κ3) is 2.97. The van der Waals surface area contributed by atoms with E-state index in [1.54, 1.807) is 0 Å². The van der Waals surface area contributed by atoms with Gasteiger partial charge in [0, 0.05) is 20.0 Å². The summed E-state index contributed by atoms with van der Waals surface area (Å²) in [5.41, 5.74) is 5.96. The van der Waals surface area contributed by atoms with Gasteiger partial charge in [-0.05, 0) is 0 Å². The van der Waals surface area contributed by atoms with Gasteiger partial charge in [0.05, 0.1) is 11.9 Å². The van der Waals surface area contributed by atoms with Gasteiger partial charge in [-0.25, -0.2) is 0 Å². The number of H-pyrrole nitrogens is 1. The first-order valence-electron chi connectivity index (χ1n) is 4.42. The van der Waals surface area contributed by atoms with Crippen LogP contribution in [0.2, 0.25) is 0 Å². The molecule has 0 radical (unpaired) electrons. The molecule has 0 spiro atoms. The molecule has 0 aliphatic rings. The molecule has 0 aliphatic carbocycles. The summed E-state index contributed by atoms with van der Waals surface area (Å²) in [5, 5.41) is 11.1. The Bertz CT molecular complexity index is 360. The number of nitrogens with zero attached hydrogens (tertiary/aromatic N) is 1. The van der Waals surface area contributed by atoms with E-state index in [1.807, 2.05) is 0 Å². The number of rotatable bonds is 4. The maximum absolute atomic E-state index is 11.4. The fraction of sp³-hybridized carbons (Fsp3) is 0.375. The van der Waals surface area contributed by atoms with E-state index in [2.05, 4.69) is 20.8 Å². The number of hydrogen-bond acceptors (Lipinski definition) is 4. The Morgan fingerprint density at radius 2 is 2.33 bits per heavy atom. The number of nitrogen functional groups attached to an aromatic ring is 1. The molecule has 0 fully saturated rings. The van der Waals surface area contributed by atoms with E-state index in [1.165, 1.54) is 13.2 Å². The van der Waals surface area contributed by atoms with Crippen LogP contribution < -0.4 is 16.4 Å². The van der Waals surface area contributed by atoms with Gasteiger partial charge in [-0.1, -0.05) is 0 Å². The van der Waals surface area contributed by atoms with Crippen LogP contribution in [0.15, 0.2) is 6.20 Å². The van der Waals surface area contributed by atoms with Gasteiger partial charge in [0.15, 0.2) is 0 Å². The quantitative estimate of drug-likeness (QED) is 0.504. The van der Waals surface area contributed by atoms with Gasteiger partial charge in [0.2, 0.25) is 5.91 Å². The highest BCUT2D eigenvalue weighted by atomic mass is 16.2. The van der Waals surface area contributed by atoms with Crippen molar-refractivity contribution in [3.8, 4) is 0 Å². The molecule has 0 saturated heterocycles. The van der Waals surface area contributed by atoms with E-state index in [9.17, 15) is 9.59 Å². The number of anilines is 1. The lowest BCUT2D eigenvalue weighted by Crippen LogP contribution is -2.29. The van der Waals surface area contributed by atoms with Gasteiger partial charge in [0.25, 0.3) is 5.91 Å². The number of hydrogen-bond donors (Lipinski definition) is 4.